The van der Waals surface area contributed by atoms with Gasteiger partial charge in [-0.3, -0.25) is 0 Å². The Balaban J connectivity index is 2.29. The number of rotatable bonds is 3. The minimum Gasteiger partial charge on any atom is -0.246 e. The Morgan fingerprint density at radius 3 is 2.83 bits per heavy atom. The van der Waals surface area contributed by atoms with Crippen molar-refractivity contribution in [2.45, 2.75) is 37.9 Å². The first kappa shape index (κ1) is 8.57. The molecule has 3 heteroatoms. The summed E-state index contributed by atoms with van der Waals surface area (Å²) in [6, 6.07) is 0. The summed E-state index contributed by atoms with van der Waals surface area (Å²) in [4.78, 5) is 6.03. The van der Waals surface area contributed by atoms with E-state index < -0.39 is 0 Å². The summed E-state index contributed by atoms with van der Waals surface area (Å²) >= 11 is 6.17. The van der Waals surface area contributed by atoms with E-state index in [9.17, 15) is 0 Å². The SMILES string of the molecule is CCc1nc(C2CC2)c(CS)s1. The Bertz CT molecular complexity index is 276. The normalized spacial score (nSPS) is 16.8. The molecule has 66 valence electrons. The highest BCUT2D eigenvalue weighted by molar-refractivity contribution is 7.79. The van der Waals surface area contributed by atoms with Crippen molar-refractivity contribution in [2.75, 3.05) is 0 Å². The Labute approximate surface area is 82.6 Å². The molecule has 0 unspecified atom stereocenters. The van der Waals surface area contributed by atoms with E-state index in [0.29, 0.717) is 0 Å². The van der Waals surface area contributed by atoms with Crippen molar-refractivity contribution in [3.63, 3.8) is 0 Å². The third-order valence-electron chi connectivity index (χ3n) is 2.18. The van der Waals surface area contributed by atoms with Gasteiger partial charge >= 0.3 is 0 Å². The summed E-state index contributed by atoms with van der Waals surface area (Å²) in [6.07, 6.45) is 3.75. The van der Waals surface area contributed by atoms with Gasteiger partial charge in [0.2, 0.25) is 0 Å². The summed E-state index contributed by atoms with van der Waals surface area (Å²) < 4.78 is 0. The van der Waals surface area contributed by atoms with Crippen LogP contribution in [0.1, 0.15) is 41.3 Å². The molecule has 1 aromatic heterocycles. The minimum absolute atomic E-state index is 0.781. The van der Waals surface area contributed by atoms with E-state index in [1.54, 1.807) is 0 Å². The summed E-state index contributed by atoms with van der Waals surface area (Å²) in [7, 11) is 0. The van der Waals surface area contributed by atoms with Crippen molar-refractivity contribution in [1.82, 2.24) is 4.98 Å². The lowest BCUT2D eigenvalue weighted by Gasteiger charge is -1.92. The summed E-state index contributed by atoms with van der Waals surface area (Å²) in [5.74, 6) is 1.65. The number of nitrogens with zero attached hydrogens (tertiary/aromatic N) is 1. The topological polar surface area (TPSA) is 12.9 Å². The Morgan fingerprint density at radius 1 is 1.58 bits per heavy atom. The van der Waals surface area contributed by atoms with Gasteiger partial charge < -0.3 is 0 Å². The molecule has 1 aliphatic rings. The van der Waals surface area contributed by atoms with Crippen LogP contribution in [0.5, 0.6) is 0 Å². The molecule has 0 atom stereocenters. The molecule has 0 saturated heterocycles. The van der Waals surface area contributed by atoms with Crippen molar-refractivity contribution in [3.05, 3.63) is 15.6 Å². The zero-order valence-corrected chi connectivity index (χ0v) is 8.92. The monoisotopic (exact) mass is 199 g/mol. The second-order valence-corrected chi connectivity index (χ2v) is 4.69. The van der Waals surface area contributed by atoms with Crippen molar-refractivity contribution >= 4 is 24.0 Å². The van der Waals surface area contributed by atoms with Gasteiger partial charge in [0, 0.05) is 16.5 Å². The third kappa shape index (κ3) is 1.52. The quantitative estimate of drug-likeness (QED) is 0.738. The fourth-order valence-electron chi connectivity index (χ4n) is 1.35. The smallest absolute Gasteiger partial charge is 0.0928 e. The average molecular weight is 199 g/mol. The van der Waals surface area contributed by atoms with Crippen LogP contribution in [0.3, 0.4) is 0 Å². The van der Waals surface area contributed by atoms with Gasteiger partial charge in [0.05, 0.1) is 10.7 Å². The van der Waals surface area contributed by atoms with Crippen LogP contribution in [0, 0.1) is 0 Å². The van der Waals surface area contributed by atoms with Gasteiger partial charge in [0.25, 0.3) is 0 Å². The van der Waals surface area contributed by atoms with Crippen LogP contribution in [-0.4, -0.2) is 4.98 Å². The van der Waals surface area contributed by atoms with Gasteiger partial charge in [-0.1, -0.05) is 6.92 Å². The van der Waals surface area contributed by atoms with Crippen molar-refractivity contribution < 1.29 is 0 Å². The summed E-state index contributed by atoms with van der Waals surface area (Å²) in [6.45, 7) is 2.16. The standard InChI is InChI=1S/C9H13NS2/c1-2-8-10-9(6-3-4-6)7(5-11)12-8/h6,11H,2-5H2,1H3. The van der Waals surface area contributed by atoms with Gasteiger partial charge in [0.1, 0.15) is 0 Å². The molecule has 0 spiro atoms. The van der Waals surface area contributed by atoms with Crippen molar-refractivity contribution in [3.8, 4) is 0 Å². The molecule has 0 radical (unpaired) electrons. The second kappa shape index (κ2) is 3.38. The average Bonchev–Trinajstić information content (AvgIpc) is 2.85. The molecule has 0 aliphatic heterocycles. The molecule has 0 amide bonds. The highest BCUT2D eigenvalue weighted by Gasteiger charge is 2.28. The third-order valence-corrected chi connectivity index (χ3v) is 3.93. The highest BCUT2D eigenvalue weighted by atomic mass is 32.1. The van der Waals surface area contributed by atoms with Crippen LogP contribution in [0.2, 0.25) is 0 Å². The largest absolute Gasteiger partial charge is 0.246 e. The molecule has 0 N–H and O–H groups in total. The first-order valence-electron chi connectivity index (χ1n) is 4.44. The van der Waals surface area contributed by atoms with Gasteiger partial charge in [0.15, 0.2) is 0 Å². The second-order valence-electron chi connectivity index (χ2n) is 3.20. The van der Waals surface area contributed by atoms with Crippen LogP contribution in [-0.2, 0) is 12.2 Å². The van der Waals surface area contributed by atoms with Crippen LogP contribution >= 0.6 is 24.0 Å². The number of aryl methyl sites for hydroxylation is 1. The highest BCUT2D eigenvalue weighted by Crippen LogP contribution is 2.43. The van der Waals surface area contributed by atoms with Gasteiger partial charge in [-0.15, -0.1) is 11.3 Å². The fraction of sp³-hybridized carbons (Fsp3) is 0.667. The van der Waals surface area contributed by atoms with Crippen molar-refractivity contribution in [1.29, 1.82) is 0 Å². The zero-order valence-electron chi connectivity index (χ0n) is 7.21. The molecular weight excluding hydrogens is 186 g/mol. The van der Waals surface area contributed by atoms with E-state index in [0.717, 1.165) is 18.1 Å². The van der Waals surface area contributed by atoms with E-state index in [1.807, 2.05) is 11.3 Å². The summed E-state index contributed by atoms with van der Waals surface area (Å²) in [5, 5.41) is 1.28. The molecule has 1 fully saturated rings. The van der Waals surface area contributed by atoms with Gasteiger partial charge in [-0.05, 0) is 19.3 Å². The molecule has 0 bridgehead atoms. The lowest BCUT2D eigenvalue weighted by Crippen LogP contribution is -1.85. The van der Waals surface area contributed by atoms with E-state index in [4.69, 9.17) is 0 Å². The van der Waals surface area contributed by atoms with Gasteiger partial charge in [-0.25, -0.2) is 4.98 Å². The number of hydrogen-bond acceptors (Lipinski definition) is 3. The predicted octanol–water partition coefficient (Wildman–Crippen LogP) is 3.01. The van der Waals surface area contributed by atoms with E-state index >= 15 is 0 Å². The number of thiol groups is 1. The lowest BCUT2D eigenvalue weighted by molar-refractivity contribution is 0.981. The zero-order chi connectivity index (χ0) is 8.55. The molecule has 1 saturated carbocycles. The van der Waals surface area contributed by atoms with E-state index in [1.165, 1.54) is 28.4 Å². The molecule has 1 nitrogen and oxygen atoms in total. The van der Waals surface area contributed by atoms with E-state index in [2.05, 4.69) is 24.5 Å². The maximum absolute atomic E-state index is 4.63. The Hall–Kier alpha value is -0.0200. The minimum atomic E-state index is 0.781. The molecule has 1 heterocycles. The molecule has 1 aromatic rings. The Kier molecular flexibility index (Phi) is 2.42. The molecule has 2 rings (SSSR count). The van der Waals surface area contributed by atoms with Crippen LogP contribution in [0.15, 0.2) is 0 Å². The van der Waals surface area contributed by atoms with Crippen LogP contribution in [0.25, 0.3) is 0 Å². The van der Waals surface area contributed by atoms with Crippen LogP contribution < -0.4 is 0 Å². The maximum Gasteiger partial charge on any atom is 0.0928 e. The molecule has 12 heavy (non-hydrogen) atoms. The summed E-state index contributed by atoms with van der Waals surface area (Å²) in [5.41, 5.74) is 1.35. The Morgan fingerprint density at radius 2 is 2.33 bits per heavy atom. The fourth-order valence-corrected chi connectivity index (χ4v) is 2.66. The number of thiazole rings is 1. The van der Waals surface area contributed by atoms with Crippen LogP contribution in [0.4, 0.5) is 0 Å². The number of aromatic nitrogens is 1. The lowest BCUT2D eigenvalue weighted by atomic mass is 10.3. The maximum atomic E-state index is 4.63. The molecule has 1 aliphatic carbocycles. The molecule has 0 aromatic carbocycles. The number of hydrogen-bond donors (Lipinski definition) is 1. The predicted molar refractivity (Wildman–Crippen MR) is 56.2 cm³/mol. The molecular formula is C9H13NS2. The van der Waals surface area contributed by atoms with Crippen molar-refractivity contribution in [2.24, 2.45) is 0 Å². The first-order valence-corrected chi connectivity index (χ1v) is 5.89. The first-order chi connectivity index (χ1) is 5.85. The van der Waals surface area contributed by atoms with Gasteiger partial charge in [-0.2, -0.15) is 12.6 Å². The van der Waals surface area contributed by atoms with E-state index in [-0.39, 0.29) is 0 Å².